The van der Waals surface area contributed by atoms with Gasteiger partial charge in [-0.15, -0.1) is 0 Å². The van der Waals surface area contributed by atoms with Gasteiger partial charge in [0.25, 0.3) is 0 Å². The van der Waals surface area contributed by atoms with Crippen molar-refractivity contribution >= 4 is 34.1 Å². The number of fused-ring (bicyclic) bond motifs is 6. The molecule has 52 heavy (non-hydrogen) atoms. The second-order valence-corrected chi connectivity index (χ2v) is 16.1. The lowest BCUT2D eigenvalue weighted by Crippen LogP contribution is -2.69. The van der Waals surface area contributed by atoms with Crippen LogP contribution in [0, 0.1) is 34.4 Å². The molecule has 2 heterocycles. The summed E-state index contributed by atoms with van der Waals surface area (Å²) in [5, 5.41) is 44.6. The highest BCUT2D eigenvalue weighted by molar-refractivity contribution is 6.01. The first-order chi connectivity index (χ1) is 24.5. The number of rotatable bonds is 5. The zero-order chi connectivity index (χ0) is 37.5. The van der Waals surface area contributed by atoms with Gasteiger partial charge in [0.05, 0.1) is 17.3 Å². The number of carboxylic acid groups (broad SMARTS) is 1. The number of pyridine rings is 1. The molecule has 5 aliphatic carbocycles. The molecule has 6 aliphatic rings. The van der Waals surface area contributed by atoms with Crippen LogP contribution in [0.4, 0.5) is 14.5 Å². The van der Waals surface area contributed by atoms with E-state index in [2.05, 4.69) is 5.32 Å². The van der Waals surface area contributed by atoms with E-state index in [1.807, 2.05) is 9.47 Å². The van der Waals surface area contributed by atoms with Crippen molar-refractivity contribution in [1.82, 2.24) is 9.88 Å². The number of aromatic carboxylic acids is 1. The van der Waals surface area contributed by atoms with Crippen LogP contribution < -0.4 is 15.6 Å². The summed E-state index contributed by atoms with van der Waals surface area (Å²) >= 11 is 0. The van der Waals surface area contributed by atoms with E-state index in [0.29, 0.717) is 49.1 Å². The lowest BCUT2D eigenvalue weighted by Gasteiger charge is -2.62. The molecule has 0 radical (unpaired) electrons. The van der Waals surface area contributed by atoms with Crippen molar-refractivity contribution in [2.24, 2.45) is 28.6 Å². The van der Waals surface area contributed by atoms with Gasteiger partial charge in [0.15, 0.2) is 17.2 Å². The molecule has 8 unspecified atom stereocenters. The summed E-state index contributed by atoms with van der Waals surface area (Å²) in [6, 6.07) is 3.08. The maximum Gasteiger partial charge on any atom is 0.341 e. The van der Waals surface area contributed by atoms with E-state index < -0.39 is 69.6 Å². The standard InChI is InChI=1S/C22H29FO5.C17H18FN3O3/c1-12-8-16-15-5-4-13-9-14(25)6-7-19(13,2)21(15,23)17(26)10-20(16,3)22(12,28)18(27)11-24;18-13-7-11-14(8-15(13)20-5-3-19-4-6-20)21(10-1-2-10)9-12(16(11)22)17(23)24/h6-7,9,12,15-17,24,26,28H,4-5,8,10-11H2,1-3H3;7-10,19H,1-6H2,(H,23,24). The van der Waals surface area contributed by atoms with Crippen molar-refractivity contribution < 1.29 is 43.6 Å². The van der Waals surface area contributed by atoms with Gasteiger partial charge < -0.3 is 35.2 Å². The molecule has 1 aliphatic heterocycles. The topological polar surface area (TPSA) is 169 Å². The molecule has 1 aromatic carbocycles. The van der Waals surface area contributed by atoms with E-state index >= 15 is 4.39 Å². The Morgan fingerprint density at radius 2 is 1.77 bits per heavy atom. The lowest BCUT2D eigenvalue weighted by atomic mass is 9.44. The molecule has 5 fully saturated rings. The van der Waals surface area contributed by atoms with Crippen molar-refractivity contribution in [3.05, 3.63) is 63.7 Å². The Morgan fingerprint density at radius 3 is 2.40 bits per heavy atom. The summed E-state index contributed by atoms with van der Waals surface area (Å²) < 4.78 is 33.3. The van der Waals surface area contributed by atoms with E-state index in [4.69, 9.17) is 0 Å². The number of carbonyl (C=O) groups is 3. The Balaban J connectivity index is 0.000000164. The smallest absolute Gasteiger partial charge is 0.341 e. The number of nitrogens with one attached hydrogen (secondary N) is 1. The molecule has 0 spiro atoms. The van der Waals surface area contributed by atoms with Gasteiger partial charge in [0, 0.05) is 60.6 Å². The van der Waals surface area contributed by atoms with Crippen LogP contribution in [-0.2, 0) is 9.59 Å². The van der Waals surface area contributed by atoms with Gasteiger partial charge in [-0.3, -0.25) is 14.4 Å². The van der Waals surface area contributed by atoms with Gasteiger partial charge in [-0.05, 0) is 81.6 Å². The predicted octanol–water partition coefficient (Wildman–Crippen LogP) is 3.48. The Kier molecular flexibility index (Phi) is 8.91. The first-order valence-electron chi connectivity index (χ1n) is 18.3. The van der Waals surface area contributed by atoms with Crippen LogP contribution in [-0.4, -0.2) is 92.7 Å². The lowest BCUT2D eigenvalue weighted by molar-refractivity contribution is -0.219. The van der Waals surface area contributed by atoms with Crippen molar-refractivity contribution in [3.8, 4) is 0 Å². The number of aliphatic hydroxyl groups is 3. The highest BCUT2D eigenvalue weighted by Crippen LogP contribution is 2.70. The SMILES string of the molecule is CC1CC2C3CCC4=CC(=O)C=CC4(C)C3(F)C(O)CC2(C)C1(O)C(=O)CO.O=C(O)c1cn(C2CC2)c2cc(N3CCNCC3)c(F)cc2c1=O. The Hall–Kier alpha value is -3.78. The molecule has 11 nitrogen and oxygen atoms in total. The summed E-state index contributed by atoms with van der Waals surface area (Å²) in [4.78, 5) is 50.1. The van der Waals surface area contributed by atoms with Gasteiger partial charge in [-0.1, -0.05) is 25.5 Å². The molecule has 1 aromatic heterocycles. The summed E-state index contributed by atoms with van der Waals surface area (Å²) in [6.07, 6.45) is 7.73. The largest absolute Gasteiger partial charge is 0.477 e. The van der Waals surface area contributed by atoms with E-state index in [1.54, 1.807) is 32.9 Å². The van der Waals surface area contributed by atoms with Crippen molar-refractivity contribution in [1.29, 1.82) is 0 Å². The zero-order valence-electron chi connectivity index (χ0n) is 29.7. The maximum atomic E-state index is 16.9. The third kappa shape index (κ3) is 5.17. The number of aromatic nitrogens is 1. The summed E-state index contributed by atoms with van der Waals surface area (Å²) in [6.45, 7) is 7.44. The number of benzene rings is 1. The third-order valence-corrected chi connectivity index (χ3v) is 13.5. The molecule has 280 valence electrons. The molecule has 4 saturated carbocycles. The average molecular weight is 724 g/mol. The number of allylic oxidation sites excluding steroid dienone is 4. The minimum atomic E-state index is -1.98. The number of nitrogens with zero attached hydrogens (tertiary/aromatic N) is 2. The molecule has 8 atom stereocenters. The molecular formula is C39H47F2N3O8. The normalized spacial score (nSPS) is 36.7. The number of Topliss-reactive ketones (excluding diaryl/α,β-unsaturated/α-hetero) is 1. The molecule has 5 N–H and O–H groups in total. The van der Waals surface area contributed by atoms with Gasteiger partial charge in [0.1, 0.15) is 23.6 Å². The fourth-order valence-corrected chi connectivity index (χ4v) is 10.6. The number of halogens is 2. The molecule has 2 aromatic rings. The Labute approximate surface area is 300 Å². The van der Waals surface area contributed by atoms with Gasteiger partial charge in [0.2, 0.25) is 5.43 Å². The number of aliphatic hydroxyl groups excluding tert-OH is 2. The minimum Gasteiger partial charge on any atom is -0.477 e. The molecule has 8 rings (SSSR count). The molecule has 0 bridgehead atoms. The summed E-state index contributed by atoms with van der Waals surface area (Å²) in [5.74, 6) is -3.87. The van der Waals surface area contributed by atoms with Crippen LogP contribution in [0.2, 0.25) is 0 Å². The number of carboxylic acids is 1. The molecule has 0 amide bonds. The maximum absolute atomic E-state index is 16.9. The number of hydrogen-bond donors (Lipinski definition) is 5. The number of piperazine rings is 1. The van der Waals surface area contributed by atoms with E-state index in [9.17, 15) is 44.0 Å². The fraction of sp³-hybridized carbons (Fsp3) is 0.590. The Bertz CT molecular complexity index is 1970. The van der Waals surface area contributed by atoms with Crippen LogP contribution in [0.3, 0.4) is 0 Å². The highest BCUT2D eigenvalue weighted by atomic mass is 19.1. The van der Waals surface area contributed by atoms with Gasteiger partial charge >= 0.3 is 5.97 Å². The number of carbonyl (C=O) groups excluding carboxylic acids is 2. The summed E-state index contributed by atoms with van der Waals surface area (Å²) in [7, 11) is 0. The van der Waals surface area contributed by atoms with Crippen molar-refractivity contribution in [2.75, 3.05) is 37.7 Å². The first kappa shape index (κ1) is 36.6. The first-order valence-corrected chi connectivity index (χ1v) is 18.3. The van der Waals surface area contributed by atoms with E-state index in [1.165, 1.54) is 24.4 Å². The van der Waals surface area contributed by atoms with Crippen LogP contribution in [0.1, 0.15) is 75.7 Å². The quantitative estimate of drug-likeness (QED) is 0.308. The van der Waals surface area contributed by atoms with Gasteiger partial charge in [-0.25, -0.2) is 13.6 Å². The van der Waals surface area contributed by atoms with Crippen LogP contribution in [0.15, 0.2) is 46.9 Å². The predicted molar refractivity (Wildman–Crippen MR) is 188 cm³/mol. The number of ketones is 2. The second kappa shape index (κ2) is 12.7. The highest BCUT2D eigenvalue weighted by Gasteiger charge is 2.75. The second-order valence-electron chi connectivity index (χ2n) is 16.1. The molecular weight excluding hydrogens is 676 g/mol. The van der Waals surface area contributed by atoms with Crippen LogP contribution in [0.5, 0.6) is 0 Å². The number of anilines is 1. The van der Waals surface area contributed by atoms with E-state index in [-0.39, 0.29) is 35.1 Å². The number of alkyl halides is 1. The van der Waals surface area contributed by atoms with Crippen LogP contribution in [0.25, 0.3) is 10.9 Å². The van der Waals surface area contributed by atoms with Crippen molar-refractivity contribution in [3.63, 3.8) is 0 Å². The van der Waals surface area contributed by atoms with Crippen LogP contribution >= 0.6 is 0 Å². The zero-order valence-corrected chi connectivity index (χ0v) is 29.7. The summed E-state index contributed by atoms with van der Waals surface area (Å²) in [5.41, 5.74) is -5.01. The van der Waals surface area contributed by atoms with Gasteiger partial charge in [-0.2, -0.15) is 0 Å². The fourth-order valence-electron chi connectivity index (χ4n) is 10.6. The third-order valence-electron chi connectivity index (χ3n) is 13.5. The number of hydrogen-bond acceptors (Lipinski definition) is 9. The average Bonchev–Trinajstić information content (AvgIpc) is 3.94. The molecule has 1 saturated heterocycles. The minimum absolute atomic E-state index is 0.0676. The Morgan fingerprint density at radius 1 is 1.08 bits per heavy atom. The van der Waals surface area contributed by atoms with Crippen molar-refractivity contribution in [2.45, 2.75) is 82.7 Å². The monoisotopic (exact) mass is 723 g/mol. The van der Waals surface area contributed by atoms with E-state index in [0.717, 1.165) is 25.9 Å². The molecule has 13 heteroatoms.